The van der Waals surface area contributed by atoms with E-state index in [-0.39, 0.29) is 0 Å². The minimum atomic E-state index is 0.593. The first-order valence-corrected chi connectivity index (χ1v) is 7.69. The molecule has 2 aliphatic rings. The van der Waals surface area contributed by atoms with E-state index < -0.39 is 0 Å². The molecule has 2 saturated heterocycles. The van der Waals surface area contributed by atoms with Crippen molar-refractivity contribution in [1.29, 1.82) is 0 Å². The zero-order valence-electron chi connectivity index (χ0n) is 11.7. The molecular weight excluding hydrogens is 234 g/mol. The number of piperidine rings is 1. The number of hydrogen-bond acceptors (Lipinski definition) is 3. The van der Waals surface area contributed by atoms with Crippen molar-refractivity contribution in [2.45, 2.75) is 38.3 Å². The highest BCUT2D eigenvalue weighted by atomic mass is 15.1. The molecule has 104 valence electrons. The Morgan fingerprint density at radius 2 is 2.11 bits per heavy atom. The fourth-order valence-electron chi connectivity index (χ4n) is 3.17. The van der Waals surface area contributed by atoms with E-state index in [1.165, 1.54) is 56.6 Å². The molecule has 3 heteroatoms. The monoisotopic (exact) mass is 259 g/mol. The van der Waals surface area contributed by atoms with Crippen LogP contribution in [0.4, 0.5) is 5.69 Å². The molecule has 0 spiro atoms. The second kappa shape index (κ2) is 6.40. The number of anilines is 1. The highest BCUT2D eigenvalue weighted by Gasteiger charge is 2.14. The van der Waals surface area contributed by atoms with Crippen LogP contribution in [0, 0.1) is 0 Å². The summed E-state index contributed by atoms with van der Waals surface area (Å²) in [5, 5.41) is 7.12. The van der Waals surface area contributed by atoms with Crippen LogP contribution in [0.5, 0.6) is 0 Å². The number of benzene rings is 1. The molecule has 1 aromatic rings. The molecule has 1 aromatic carbocycles. The van der Waals surface area contributed by atoms with Crippen LogP contribution in [0.25, 0.3) is 0 Å². The third-order valence-electron chi connectivity index (χ3n) is 4.20. The Kier molecular flexibility index (Phi) is 4.36. The maximum atomic E-state index is 3.67. The van der Waals surface area contributed by atoms with E-state index in [2.05, 4.69) is 39.8 Å². The van der Waals surface area contributed by atoms with Gasteiger partial charge in [0.1, 0.15) is 0 Å². The number of nitrogens with zero attached hydrogens (tertiary/aromatic N) is 1. The average molecular weight is 259 g/mol. The highest BCUT2D eigenvalue weighted by Crippen LogP contribution is 2.18. The maximum Gasteiger partial charge on any atom is 0.0386 e. The number of hydrogen-bond donors (Lipinski definition) is 2. The van der Waals surface area contributed by atoms with Gasteiger partial charge in [0.15, 0.2) is 0 Å². The lowest BCUT2D eigenvalue weighted by atomic mass is 10.1. The van der Waals surface area contributed by atoms with Crippen molar-refractivity contribution in [3.63, 3.8) is 0 Å². The molecule has 0 bridgehead atoms. The minimum Gasteiger partial charge on any atom is -0.381 e. The third-order valence-corrected chi connectivity index (χ3v) is 4.20. The number of rotatable bonds is 4. The summed E-state index contributed by atoms with van der Waals surface area (Å²) >= 11 is 0. The maximum absolute atomic E-state index is 3.67. The van der Waals surface area contributed by atoms with Gasteiger partial charge in [-0.1, -0.05) is 12.1 Å². The van der Waals surface area contributed by atoms with E-state index in [1.807, 2.05) is 0 Å². The summed E-state index contributed by atoms with van der Waals surface area (Å²) in [6.45, 7) is 5.91. The van der Waals surface area contributed by atoms with Crippen molar-refractivity contribution in [1.82, 2.24) is 10.2 Å². The number of nitrogens with one attached hydrogen (secondary N) is 2. The van der Waals surface area contributed by atoms with Crippen molar-refractivity contribution >= 4 is 5.69 Å². The Labute approximate surface area is 116 Å². The van der Waals surface area contributed by atoms with Gasteiger partial charge in [0.05, 0.1) is 0 Å². The second-order valence-electron chi connectivity index (χ2n) is 5.87. The molecule has 1 atom stereocenters. The van der Waals surface area contributed by atoms with Gasteiger partial charge in [-0.3, -0.25) is 4.90 Å². The quantitative estimate of drug-likeness (QED) is 0.869. The summed E-state index contributed by atoms with van der Waals surface area (Å²) in [6, 6.07) is 9.55. The average Bonchev–Trinajstić information content (AvgIpc) is 2.93. The second-order valence-corrected chi connectivity index (χ2v) is 5.87. The molecule has 3 nitrogen and oxygen atoms in total. The van der Waals surface area contributed by atoms with Gasteiger partial charge < -0.3 is 10.6 Å². The highest BCUT2D eigenvalue weighted by molar-refractivity contribution is 5.46. The first kappa shape index (κ1) is 12.9. The topological polar surface area (TPSA) is 27.3 Å². The zero-order chi connectivity index (χ0) is 12.9. The van der Waals surface area contributed by atoms with Crippen molar-refractivity contribution in [3.8, 4) is 0 Å². The molecule has 0 aliphatic carbocycles. The van der Waals surface area contributed by atoms with Crippen LogP contribution in [-0.4, -0.2) is 37.1 Å². The Morgan fingerprint density at radius 3 is 2.89 bits per heavy atom. The Morgan fingerprint density at radius 1 is 1.21 bits per heavy atom. The van der Waals surface area contributed by atoms with Crippen LogP contribution in [0.15, 0.2) is 24.3 Å². The standard InChI is InChI=1S/C16H25N3/c1-2-10-19(9-1)13-14-5-3-6-15(11-14)18-16-7-4-8-17-12-16/h3,5-6,11,16-18H,1-2,4,7-10,12-13H2. The summed E-state index contributed by atoms with van der Waals surface area (Å²) in [5.41, 5.74) is 2.72. The summed E-state index contributed by atoms with van der Waals surface area (Å²) < 4.78 is 0. The molecule has 2 aliphatic heterocycles. The zero-order valence-corrected chi connectivity index (χ0v) is 11.7. The van der Waals surface area contributed by atoms with Gasteiger partial charge in [0.25, 0.3) is 0 Å². The normalized spacial score (nSPS) is 24.5. The molecule has 0 saturated carbocycles. The molecule has 0 amide bonds. The summed E-state index contributed by atoms with van der Waals surface area (Å²) in [5.74, 6) is 0. The van der Waals surface area contributed by atoms with Gasteiger partial charge in [-0.05, 0) is 63.0 Å². The van der Waals surface area contributed by atoms with E-state index in [9.17, 15) is 0 Å². The van der Waals surface area contributed by atoms with Crippen LogP contribution >= 0.6 is 0 Å². The summed E-state index contributed by atoms with van der Waals surface area (Å²) in [7, 11) is 0. The van der Waals surface area contributed by atoms with Crippen LogP contribution in [0.1, 0.15) is 31.2 Å². The molecule has 19 heavy (non-hydrogen) atoms. The molecule has 1 unspecified atom stereocenters. The van der Waals surface area contributed by atoms with Crippen LogP contribution in [0.2, 0.25) is 0 Å². The molecule has 0 radical (unpaired) electrons. The molecule has 2 N–H and O–H groups in total. The first-order valence-electron chi connectivity index (χ1n) is 7.69. The molecule has 3 rings (SSSR count). The Hall–Kier alpha value is -1.06. The van der Waals surface area contributed by atoms with Gasteiger partial charge in [0.2, 0.25) is 0 Å². The van der Waals surface area contributed by atoms with Gasteiger partial charge in [-0.2, -0.15) is 0 Å². The largest absolute Gasteiger partial charge is 0.381 e. The smallest absolute Gasteiger partial charge is 0.0386 e. The van der Waals surface area contributed by atoms with Gasteiger partial charge in [0, 0.05) is 24.8 Å². The predicted molar refractivity (Wildman–Crippen MR) is 80.5 cm³/mol. The van der Waals surface area contributed by atoms with E-state index >= 15 is 0 Å². The van der Waals surface area contributed by atoms with Crippen molar-refractivity contribution < 1.29 is 0 Å². The fraction of sp³-hybridized carbons (Fsp3) is 0.625. The predicted octanol–water partition coefficient (Wildman–Crippen LogP) is 2.45. The Balaban J connectivity index is 1.58. The van der Waals surface area contributed by atoms with Gasteiger partial charge in [-0.15, -0.1) is 0 Å². The van der Waals surface area contributed by atoms with E-state index in [0.717, 1.165) is 13.1 Å². The molecule has 2 fully saturated rings. The van der Waals surface area contributed by atoms with Crippen molar-refractivity contribution in [3.05, 3.63) is 29.8 Å². The lowest BCUT2D eigenvalue weighted by Crippen LogP contribution is -2.38. The van der Waals surface area contributed by atoms with E-state index in [4.69, 9.17) is 0 Å². The Bertz CT molecular complexity index is 393. The van der Waals surface area contributed by atoms with Gasteiger partial charge in [-0.25, -0.2) is 0 Å². The van der Waals surface area contributed by atoms with Crippen LogP contribution in [-0.2, 0) is 6.54 Å². The fourth-order valence-corrected chi connectivity index (χ4v) is 3.17. The molecule has 0 aromatic heterocycles. The lowest BCUT2D eigenvalue weighted by Gasteiger charge is -2.25. The van der Waals surface area contributed by atoms with Crippen LogP contribution in [0.3, 0.4) is 0 Å². The van der Waals surface area contributed by atoms with Gasteiger partial charge >= 0.3 is 0 Å². The number of likely N-dealkylation sites (tertiary alicyclic amines) is 1. The first-order chi connectivity index (χ1) is 9.40. The van der Waals surface area contributed by atoms with Crippen LogP contribution < -0.4 is 10.6 Å². The lowest BCUT2D eigenvalue weighted by molar-refractivity contribution is 0.331. The molecular formula is C16H25N3. The van der Waals surface area contributed by atoms with E-state index in [0.29, 0.717) is 6.04 Å². The SMILES string of the molecule is c1cc(CN2CCCC2)cc(NC2CCCNC2)c1. The summed E-state index contributed by atoms with van der Waals surface area (Å²) in [6.07, 6.45) is 5.30. The van der Waals surface area contributed by atoms with E-state index in [1.54, 1.807) is 0 Å². The summed E-state index contributed by atoms with van der Waals surface area (Å²) in [4.78, 5) is 2.56. The molecule has 2 heterocycles. The van der Waals surface area contributed by atoms with Crippen molar-refractivity contribution in [2.24, 2.45) is 0 Å². The van der Waals surface area contributed by atoms with Crippen molar-refractivity contribution in [2.75, 3.05) is 31.5 Å². The minimum absolute atomic E-state index is 0.593. The third kappa shape index (κ3) is 3.71.